The first-order valence-electron chi connectivity index (χ1n) is 19.6. The highest BCUT2D eigenvalue weighted by Gasteiger charge is 2.36. The molecule has 0 saturated carbocycles. The van der Waals surface area contributed by atoms with Gasteiger partial charge in [-0.2, -0.15) is 0 Å². The molecule has 0 aliphatic carbocycles. The summed E-state index contributed by atoms with van der Waals surface area (Å²) in [7, 11) is 0. The van der Waals surface area contributed by atoms with Gasteiger partial charge in [0.25, 0.3) is 11.8 Å². The summed E-state index contributed by atoms with van der Waals surface area (Å²) in [6.07, 6.45) is 3.20. The predicted molar refractivity (Wildman–Crippen MR) is 212 cm³/mol. The van der Waals surface area contributed by atoms with Crippen molar-refractivity contribution in [2.75, 3.05) is 44.5 Å². The molecule has 1 fully saturated rings. The van der Waals surface area contributed by atoms with Gasteiger partial charge in [0.15, 0.2) is 11.5 Å². The first-order valence-corrected chi connectivity index (χ1v) is 19.6. The van der Waals surface area contributed by atoms with Crippen molar-refractivity contribution in [1.29, 1.82) is 0 Å². The molecule has 0 spiro atoms. The van der Waals surface area contributed by atoms with Crippen molar-refractivity contribution in [3.8, 4) is 28.5 Å². The number of phenols is 1. The molecule has 0 unspecified atom stereocenters. The van der Waals surface area contributed by atoms with Gasteiger partial charge in [0.1, 0.15) is 5.75 Å². The summed E-state index contributed by atoms with van der Waals surface area (Å²) in [6.45, 7) is 4.97. The molecule has 292 valence electrons. The van der Waals surface area contributed by atoms with Crippen LogP contribution < -0.4 is 14.4 Å². The first-order chi connectivity index (χ1) is 27.8. The van der Waals surface area contributed by atoms with Crippen LogP contribution >= 0.6 is 0 Å². The molecule has 5 heterocycles. The molecule has 57 heavy (non-hydrogen) atoms. The highest BCUT2D eigenvalue weighted by Crippen LogP contribution is 2.42. The highest BCUT2D eigenvalue weighted by molar-refractivity contribution is 6.09. The van der Waals surface area contributed by atoms with E-state index in [2.05, 4.69) is 27.7 Å². The van der Waals surface area contributed by atoms with Crippen LogP contribution in [0.1, 0.15) is 66.3 Å². The van der Waals surface area contributed by atoms with Crippen LogP contribution in [0, 0.1) is 0 Å². The number of benzene rings is 4. The Morgan fingerprint density at radius 1 is 0.807 bits per heavy atom. The Labute approximate surface area is 330 Å². The number of aromatic carboxylic acids is 1. The first kappa shape index (κ1) is 36.5. The summed E-state index contributed by atoms with van der Waals surface area (Å²) >= 11 is 0. The zero-order valence-electron chi connectivity index (χ0n) is 31.6. The Morgan fingerprint density at radius 3 is 2.37 bits per heavy atom. The number of aromatic hydroxyl groups is 1. The molecule has 2 amide bonds. The average Bonchev–Trinajstić information content (AvgIpc) is 3.87. The number of fused-ring (bicyclic) bond motifs is 3. The number of amides is 2. The third kappa shape index (κ3) is 7.22. The van der Waals surface area contributed by atoms with E-state index < -0.39 is 5.97 Å². The molecule has 12 nitrogen and oxygen atoms in total. The second-order valence-corrected chi connectivity index (χ2v) is 15.1. The second-order valence-electron chi connectivity index (χ2n) is 15.1. The Morgan fingerprint density at radius 2 is 1.58 bits per heavy atom. The number of anilines is 1. The van der Waals surface area contributed by atoms with Crippen LogP contribution in [0.2, 0.25) is 0 Å². The van der Waals surface area contributed by atoms with Crippen LogP contribution in [-0.2, 0) is 37.2 Å². The fourth-order valence-electron chi connectivity index (χ4n) is 8.68. The number of carboxylic acids is 1. The van der Waals surface area contributed by atoms with Gasteiger partial charge >= 0.3 is 5.97 Å². The number of aromatic nitrogens is 1. The van der Waals surface area contributed by atoms with E-state index in [0.717, 1.165) is 55.8 Å². The lowest BCUT2D eigenvalue weighted by Crippen LogP contribution is -2.52. The average molecular weight is 769 g/mol. The maximum atomic E-state index is 15.2. The molecule has 4 aromatic carbocycles. The Kier molecular flexibility index (Phi) is 9.89. The van der Waals surface area contributed by atoms with E-state index >= 15 is 4.79 Å². The summed E-state index contributed by atoms with van der Waals surface area (Å²) in [5, 5.41) is 19.8. The van der Waals surface area contributed by atoms with Crippen molar-refractivity contribution < 1.29 is 38.8 Å². The fourth-order valence-corrected chi connectivity index (χ4v) is 8.68. The second kappa shape index (κ2) is 15.4. The van der Waals surface area contributed by atoms with Gasteiger partial charge in [-0.15, -0.1) is 0 Å². The monoisotopic (exact) mass is 768 g/mol. The summed E-state index contributed by atoms with van der Waals surface area (Å²) in [5.74, 6) is -0.330. The third-order valence-corrected chi connectivity index (χ3v) is 11.6. The molecule has 0 radical (unpaired) electrons. The molecule has 5 aromatic rings. The molecule has 4 aliphatic heterocycles. The van der Waals surface area contributed by atoms with Crippen LogP contribution in [0.3, 0.4) is 0 Å². The normalized spacial score (nSPS) is 17.5. The SMILES string of the molecule is O=C(O)c1cccc(CN(C(=O)c2cc(-c3cc4c(cc3C(=O)N3Cc5ccccc5C[C@H]3CN3CCOCC3)OCO4)n3c2CCCC3)c2ccc(O)cc2)c1. The van der Waals surface area contributed by atoms with Crippen molar-refractivity contribution >= 4 is 23.5 Å². The van der Waals surface area contributed by atoms with Crippen molar-refractivity contribution in [3.05, 3.63) is 130 Å². The number of ether oxygens (including phenoxy) is 3. The van der Waals surface area contributed by atoms with E-state index in [9.17, 15) is 19.8 Å². The topological polar surface area (TPSA) is 134 Å². The van der Waals surface area contributed by atoms with E-state index in [1.807, 2.05) is 23.1 Å². The largest absolute Gasteiger partial charge is 0.508 e. The van der Waals surface area contributed by atoms with Crippen LogP contribution in [0.5, 0.6) is 17.2 Å². The number of hydrogen-bond donors (Lipinski definition) is 2. The molecule has 9 rings (SSSR count). The summed E-state index contributed by atoms with van der Waals surface area (Å²) in [6, 6.07) is 26.8. The number of carbonyl (C=O) groups excluding carboxylic acids is 2. The van der Waals surface area contributed by atoms with Gasteiger partial charge in [-0.25, -0.2) is 4.79 Å². The molecule has 4 aliphatic rings. The number of carbonyl (C=O) groups is 3. The van der Waals surface area contributed by atoms with Crippen LogP contribution in [0.4, 0.5) is 5.69 Å². The number of rotatable bonds is 9. The minimum absolute atomic E-state index is 0.0455. The lowest BCUT2D eigenvalue weighted by atomic mass is 9.92. The van der Waals surface area contributed by atoms with Crippen molar-refractivity contribution in [1.82, 2.24) is 14.4 Å². The van der Waals surface area contributed by atoms with Crippen molar-refractivity contribution in [2.45, 2.75) is 51.4 Å². The van der Waals surface area contributed by atoms with E-state index in [4.69, 9.17) is 14.2 Å². The molecular weight excluding hydrogens is 725 g/mol. The van der Waals surface area contributed by atoms with Gasteiger partial charge in [-0.1, -0.05) is 36.4 Å². The van der Waals surface area contributed by atoms with Crippen LogP contribution in [-0.4, -0.2) is 88.0 Å². The number of phenolic OH excluding ortho intramolecular Hbond substituents is 1. The van der Waals surface area contributed by atoms with E-state index in [-0.39, 0.29) is 42.5 Å². The van der Waals surface area contributed by atoms with Crippen LogP contribution in [0.15, 0.2) is 91.0 Å². The smallest absolute Gasteiger partial charge is 0.335 e. The Hall–Kier alpha value is -6.11. The Balaban J connectivity index is 1.13. The zero-order chi connectivity index (χ0) is 39.0. The van der Waals surface area contributed by atoms with Crippen LogP contribution in [0.25, 0.3) is 11.3 Å². The summed E-state index contributed by atoms with van der Waals surface area (Å²) in [5.41, 5.74) is 6.96. The molecule has 12 heteroatoms. The number of hydrogen-bond acceptors (Lipinski definition) is 8. The lowest BCUT2D eigenvalue weighted by molar-refractivity contribution is 0.0193. The maximum Gasteiger partial charge on any atom is 0.335 e. The molecule has 1 saturated heterocycles. The molecule has 0 bridgehead atoms. The third-order valence-electron chi connectivity index (χ3n) is 11.6. The maximum absolute atomic E-state index is 15.2. The number of morpholine rings is 1. The number of nitrogens with zero attached hydrogens (tertiary/aromatic N) is 4. The quantitative estimate of drug-likeness (QED) is 0.176. The fraction of sp³-hybridized carbons (Fsp3) is 0.311. The molecule has 1 atom stereocenters. The summed E-state index contributed by atoms with van der Waals surface area (Å²) < 4.78 is 19.6. The van der Waals surface area contributed by atoms with Gasteiger partial charge in [-0.3, -0.25) is 14.5 Å². The van der Waals surface area contributed by atoms with Gasteiger partial charge in [-0.05, 0) is 97.0 Å². The summed E-state index contributed by atoms with van der Waals surface area (Å²) in [4.78, 5) is 48.0. The molecule has 2 N–H and O–H groups in total. The Bertz CT molecular complexity index is 2350. The molecule has 1 aromatic heterocycles. The molecular formula is C45H44N4O8. The van der Waals surface area contributed by atoms with E-state index in [0.29, 0.717) is 72.2 Å². The van der Waals surface area contributed by atoms with Gasteiger partial charge in [0.2, 0.25) is 6.79 Å². The van der Waals surface area contributed by atoms with Gasteiger partial charge in [0.05, 0.1) is 36.4 Å². The highest BCUT2D eigenvalue weighted by atomic mass is 16.7. The lowest BCUT2D eigenvalue weighted by Gasteiger charge is -2.40. The minimum atomic E-state index is -1.05. The van der Waals surface area contributed by atoms with Gasteiger partial charge in [0, 0.05) is 61.4 Å². The number of carboxylic acid groups (broad SMARTS) is 1. The minimum Gasteiger partial charge on any atom is -0.508 e. The van der Waals surface area contributed by atoms with E-state index in [1.54, 1.807) is 41.3 Å². The van der Waals surface area contributed by atoms with E-state index in [1.165, 1.54) is 23.8 Å². The van der Waals surface area contributed by atoms with Gasteiger partial charge < -0.3 is 38.8 Å². The standard InChI is InChI=1S/C45H44N4O8/c50-35-13-11-33(12-14-35)48(25-29-6-5-9-31(20-29)45(53)54)44(52)38-22-40(47-15-4-3-10-39(38)47)36-23-41-42(57-28-56-41)24-37(36)43(51)49-26-32-8-2-1-7-30(32)21-34(49)27-46-16-18-55-19-17-46/h1-2,5-9,11-14,20,22-24,34,50H,3-4,10,15-19,21,25-28H2,(H,53,54)/t34-/m0/s1. The van der Waals surface area contributed by atoms with Crippen molar-refractivity contribution in [3.63, 3.8) is 0 Å². The van der Waals surface area contributed by atoms with Crippen molar-refractivity contribution in [2.24, 2.45) is 0 Å². The zero-order valence-corrected chi connectivity index (χ0v) is 31.6. The predicted octanol–water partition coefficient (Wildman–Crippen LogP) is 6.37.